The van der Waals surface area contributed by atoms with Crippen molar-refractivity contribution in [2.45, 2.75) is 57.9 Å². The van der Waals surface area contributed by atoms with Crippen molar-refractivity contribution in [1.82, 2.24) is 4.68 Å². The Bertz CT molecular complexity index is 1310. The molecule has 6 rings (SSSR count). The third-order valence-electron chi connectivity index (χ3n) is 8.66. The number of pyridine rings is 1. The Hall–Kier alpha value is -3.34. The van der Waals surface area contributed by atoms with Crippen molar-refractivity contribution in [3.8, 4) is 5.75 Å². The molecule has 2 heterocycles. The molecule has 3 atom stereocenters. The molecule has 1 aliphatic heterocycles. The summed E-state index contributed by atoms with van der Waals surface area (Å²) < 4.78 is 1.75. The van der Waals surface area contributed by atoms with Gasteiger partial charge in [-0.1, -0.05) is 74.7 Å². The van der Waals surface area contributed by atoms with Crippen molar-refractivity contribution in [3.05, 3.63) is 99.0 Å². The van der Waals surface area contributed by atoms with Crippen molar-refractivity contribution in [3.63, 3.8) is 0 Å². The molecule has 0 spiro atoms. The molecule has 2 aliphatic carbocycles. The summed E-state index contributed by atoms with van der Waals surface area (Å²) in [5.41, 5.74) is 4.69. The fourth-order valence-electron chi connectivity index (χ4n) is 6.42. The number of Topliss-reactive ketones (excluding diaryl/α,β-unsaturated/α-hetero) is 1. The van der Waals surface area contributed by atoms with Crippen LogP contribution < -0.4 is 10.4 Å². The monoisotopic (exact) mass is 482 g/mol. The van der Waals surface area contributed by atoms with E-state index in [0.29, 0.717) is 6.54 Å². The normalized spacial score (nSPS) is 23.0. The van der Waals surface area contributed by atoms with Crippen LogP contribution in [0.2, 0.25) is 0 Å². The lowest BCUT2D eigenvalue weighted by molar-refractivity contribution is 0.0869. The predicted octanol–water partition coefficient (Wildman–Crippen LogP) is 5.41. The van der Waals surface area contributed by atoms with E-state index in [1.165, 1.54) is 41.2 Å². The summed E-state index contributed by atoms with van der Waals surface area (Å²) in [6.07, 6.45) is 9.04. The van der Waals surface area contributed by atoms with Gasteiger partial charge in [-0.2, -0.15) is 0 Å². The molecular formula is C31H34N2O3. The van der Waals surface area contributed by atoms with Gasteiger partial charge in [0.25, 0.3) is 0 Å². The Morgan fingerprint density at radius 3 is 2.14 bits per heavy atom. The first-order valence-electron chi connectivity index (χ1n) is 13.4. The Morgan fingerprint density at radius 2 is 1.50 bits per heavy atom. The molecule has 0 radical (unpaired) electrons. The standard InChI is InChI=1S/C31H34N2O3/c1-20-18-23(20)10-2-3-11-24-19-33(32-17-16-27(34)31(36)29(32)30(24)35)28-25-12-6-4-8-21(25)14-15-22-9-5-7-13-26(22)28/h4-9,12-13,16-17,20,23-24,28,36H,2-3,10-11,14-15,18-19H2,1H3. The minimum Gasteiger partial charge on any atom is -0.503 e. The molecule has 0 amide bonds. The van der Waals surface area contributed by atoms with E-state index in [1.54, 1.807) is 10.9 Å². The first kappa shape index (κ1) is 23.1. The molecule has 0 saturated heterocycles. The Kier molecular flexibility index (Phi) is 5.94. The maximum Gasteiger partial charge on any atom is 0.224 e. The minimum atomic E-state index is -0.500. The van der Waals surface area contributed by atoms with Gasteiger partial charge in [-0.05, 0) is 59.8 Å². The van der Waals surface area contributed by atoms with Crippen LogP contribution in [-0.2, 0) is 12.8 Å². The fraction of sp³-hybridized carbons (Fsp3) is 0.419. The zero-order valence-electron chi connectivity index (χ0n) is 20.9. The molecule has 1 saturated carbocycles. The topological polar surface area (TPSA) is 62.5 Å². The summed E-state index contributed by atoms with van der Waals surface area (Å²) in [4.78, 5) is 26.0. The number of carbonyl (C=O) groups is 1. The Morgan fingerprint density at radius 1 is 0.889 bits per heavy atom. The molecule has 36 heavy (non-hydrogen) atoms. The molecule has 3 aliphatic rings. The van der Waals surface area contributed by atoms with E-state index in [4.69, 9.17) is 0 Å². The number of hydrogen-bond acceptors (Lipinski definition) is 4. The second kappa shape index (κ2) is 9.27. The van der Waals surface area contributed by atoms with E-state index in [0.717, 1.165) is 43.9 Å². The number of fused-ring (bicyclic) bond motifs is 3. The van der Waals surface area contributed by atoms with Gasteiger partial charge in [0.2, 0.25) is 5.43 Å². The highest BCUT2D eigenvalue weighted by Gasteiger charge is 2.39. The summed E-state index contributed by atoms with van der Waals surface area (Å²) in [5.74, 6) is 0.904. The summed E-state index contributed by atoms with van der Waals surface area (Å²) in [6.45, 7) is 2.87. The number of carbonyl (C=O) groups excluding carboxylic acids is 1. The number of benzene rings is 2. The molecule has 2 aromatic carbocycles. The van der Waals surface area contributed by atoms with Gasteiger partial charge >= 0.3 is 0 Å². The van der Waals surface area contributed by atoms with E-state index in [9.17, 15) is 14.7 Å². The molecule has 3 aromatic rings. The number of hydrogen-bond donors (Lipinski definition) is 1. The van der Waals surface area contributed by atoms with Crippen LogP contribution in [0.4, 0.5) is 0 Å². The SMILES string of the molecule is CC1CC1CCCCC1CN(C2c3ccccc3CCc3ccccc32)n2ccc(=O)c(O)c2C1=O. The van der Waals surface area contributed by atoms with Crippen LogP contribution >= 0.6 is 0 Å². The average Bonchev–Trinajstić information content (AvgIpc) is 3.63. The Labute approximate surface area is 212 Å². The highest BCUT2D eigenvalue weighted by Crippen LogP contribution is 2.42. The van der Waals surface area contributed by atoms with Crippen molar-refractivity contribution in [2.24, 2.45) is 17.8 Å². The van der Waals surface area contributed by atoms with Gasteiger partial charge in [-0.25, -0.2) is 0 Å². The van der Waals surface area contributed by atoms with Gasteiger partial charge in [0.05, 0.1) is 6.04 Å². The molecule has 186 valence electrons. The van der Waals surface area contributed by atoms with Crippen LogP contribution in [0.3, 0.4) is 0 Å². The third kappa shape index (κ3) is 4.04. The second-order valence-electron chi connectivity index (χ2n) is 11.0. The summed E-state index contributed by atoms with van der Waals surface area (Å²) in [7, 11) is 0. The van der Waals surface area contributed by atoms with E-state index in [1.807, 2.05) is 0 Å². The fourth-order valence-corrected chi connectivity index (χ4v) is 6.42. The van der Waals surface area contributed by atoms with Crippen LogP contribution in [0.25, 0.3) is 0 Å². The van der Waals surface area contributed by atoms with E-state index < -0.39 is 11.2 Å². The van der Waals surface area contributed by atoms with Crippen LogP contribution in [0.1, 0.15) is 77.8 Å². The van der Waals surface area contributed by atoms with E-state index in [2.05, 4.69) is 60.5 Å². The molecule has 3 unspecified atom stereocenters. The number of aromatic hydroxyl groups is 1. The summed E-state index contributed by atoms with van der Waals surface area (Å²) in [6, 6.07) is 18.4. The van der Waals surface area contributed by atoms with Crippen LogP contribution in [0, 0.1) is 17.8 Å². The molecule has 1 fully saturated rings. The Balaban J connectivity index is 1.41. The van der Waals surface area contributed by atoms with Gasteiger partial charge in [0, 0.05) is 24.7 Å². The number of rotatable bonds is 6. The van der Waals surface area contributed by atoms with Gasteiger partial charge in [-0.15, -0.1) is 0 Å². The molecule has 1 aromatic heterocycles. The van der Waals surface area contributed by atoms with Crippen molar-refractivity contribution >= 4 is 5.78 Å². The lowest BCUT2D eigenvalue weighted by Gasteiger charge is -2.43. The van der Waals surface area contributed by atoms with Gasteiger partial charge in [0.1, 0.15) is 0 Å². The number of unbranched alkanes of at least 4 members (excludes halogenated alkanes) is 1. The second-order valence-corrected chi connectivity index (χ2v) is 11.0. The summed E-state index contributed by atoms with van der Waals surface area (Å²) >= 11 is 0. The number of ketones is 1. The quantitative estimate of drug-likeness (QED) is 0.477. The number of nitrogens with zero attached hydrogens (tertiary/aromatic N) is 2. The predicted molar refractivity (Wildman–Crippen MR) is 141 cm³/mol. The zero-order chi connectivity index (χ0) is 24.8. The van der Waals surface area contributed by atoms with Crippen molar-refractivity contribution in [1.29, 1.82) is 0 Å². The van der Waals surface area contributed by atoms with E-state index in [-0.39, 0.29) is 23.4 Å². The first-order valence-corrected chi connectivity index (χ1v) is 13.4. The first-order chi connectivity index (χ1) is 17.5. The smallest absolute Gasteiger partial charge is 0.224 e. The molecule has 1 N–H and O–H groups in total. The average molecular weight is 483 g/mol. The van der Waals surface area contributed by atoms with Crippen molar-refractivity contribution in [2.75, 3.05) is 11.6 Å². The molecule has 5 heteroatoms. The van der Waals surface area contributed by atoms with Gasteiger partial charge in [-0.3, -0.25) is 19.3 Å². The maximum absolute atomic E-state index is 13.6. The molecule has 5 nitrogen and oxygen atoms in total. The molecular weight excluding hydrogens is 448 g/mol. The maximum atomic E-state index is 13.6. The lowest BCUT2D eigenvalue weighted by Crippen LogP contribution is -2.50. The van der Waals surface area contributed by atoms with Crippen LogP contribution in [-0.4, -0.2) is 22.1 Å². The number of aromatic nitrogens is 1. The third-order valence-corrected chi connectivity index (χ3v) is 8.66. The van der Waals surface area contributed by atoms with Gasteiger partial charge < -0.3 is 5.11 Å². The summed E-state index contributed by atoms with van der Waals surface area (Å²) in [5, 5.41) is 13.0. The van der Waals surface area contributed by atoms with Crippen LogP contribution in [0.15, 0.2) is 65.6 Å². The highest BCUT2D eigenvalue weighted by atomic mass is 16.3. The van der Waals surface area contributed by atoms with E-state index >= 15 is 0 Å². The van der Waals surface area contributed by atoms with Gasteiger partial charge in [0.15, 0.2) is 17.2 Å². The van der Waals surface area contributed by atoms with Crippen molar-refractivity contribution < 1.29 is 9.90 Å². The van der Waals surface area contributed by atoms with Crippen LogP contribution in [0.5, 0.6) is 5.75 Å². The minimum absolute atomic E-state index is 0.108. The lowest BCUT2D eigenvalue weighted by atomic mass is 9.88. The molecule has 0 bridgehead atoms. The largest absolute Gasteiger partial charge is 0.503 e. The zero-order valence-corrected chi connectivity index (χ0v) is 20.9. The highest BCUT2D eigenvalue weighted by molar-refractivity contribution is 6.00. The number of aryl methyl sites for hydroxylation is 2.